The van der Waals surface area contributed by atoms with Crippen molar-refractivity contribution >= 4 is 45.7 Å². The quantitative estimate of drug-likeness (QED) is 0.274. The van der Waals surface area contributed by atoms with E-state index < -0.39 is 10.7 Å². The standard InChI is InChI=1S/C9H7ClINO4/c1-16-5-2-6(8(13)4-10)9(12(14)15)7(11)3-5/h2-3H,4H2,1H3. The van der Waals surface area contributed by atoms with Crippen LogP contribution in [0.4, 0.5) is 5.69 Å². The number of nitrogens with zero attached hydrogens (tertiary/aromatic N) is 1. The number of hydrogen-bond donors (Lipinski definition) is 0. The van der Waals surface area contributed by atoms with Crippen molar-refractivity contribution in [2.75, 3.05) is 13.0 Å². The summed E-state index contributed by atoms with van der Waals surface area (Å²) < 4.78 is 5.29. The van der Waals surface area contributed by atoms with Crippen molar-refractivity contribution in [3.05, 3.63) is 31.4 Å². The normalized spacial score (nSPS) is 9.94. The zero-order valence-electron chi connectivity index (χ0n) is 8.20. The third-order valence-electron chi connectivity index (χ3n) is 1.88. The number of benzene rings is 1. The molecule has 1 aromatic carbocycles. The molecule has 0 aliphatic rings. The fourth-order valence-corrected chi connectivity index (χ4v) is 2.10. The molecule has 0 amide bonds. The minimum atomic E-state index is -0.596. The van der Waals surface area contributed by atoms with Gasteiger partial charge in [-0.3, -0.25) is 14.9 Å². The van der Waals surface area contributed by atoms with Gasteiger partial charge in [0.2, 0.25) is 0 Å². The monoisotopic (exact) mass is 355 g/mol. The average molecular weight is 356 g/mol. The van der Waals surface area contributed by atoms with E-state index in [2.05, 4.69) is 0 Å². The van der Waals surface area contributed by atoms with E-state index in [0.717, 1.165) is 0 Å². The van der Waals surface area contributed by atoms with Crippen molar-refractivity contribution in [1.29, 1.82) is 0 Å². The maximum absolute atomic E-state index is 11.5. The van der Waals surface area contributed by atoms with Gasteiger partial charge in [0.05, 0.1) is 21.5 Å². The maximum atomic E-state index is 11.5. The van der Waals surface area contributed by atoms with E-state index >= 15 is 0 Å². The third kappa shape index (κ3) is 2.62. The highest BCUT2D eigenvalue weighted by Crippen LogP contribution is 2.30. The molecule has 5 nitrogen and oxygen atoms in total. The molecular formula is C9H7ClINO4. The molecule has 0 fully saturated rings. The number of Topliss-reactive ketones (excluding diaryl/α,β-unsaturated/α-hetero) is 1. The van der Waals surface area contributed by atoms with Gasteiger partial charge in [0.15, 0.2) is 5.78 Å². The van der Waals surface area contributed by atoms with Crippen LogP contribution in [0, 0.1) is 13.7 Å². The Labute approximate surface area is 110 Å². The van der Waals surface area contributed by atoms with Crippen LogP contribution < -0.4 is 4.74 Å². The topological polar surface area (TPSA) is 69.4 Å². The van der Waals surface area contributed by atoms with Gasteiger partial charge in [0.1, 0.15) is 11.3 Å². The Morgan fingerprint density at radius 2 is 2.25 bits per heavy atom. The van der Waals surface area contributed by atoms with Crippen LogP contribution in [0.1, 0.15) is 10.4 Å². The minimum absolute atomic E-state index is 0.0243. The number of nitro benzene ring substituents is 1. The summed E-state index contributed by atoms with van der Waals surface area (Å²) in [5.41, 5.74) is -0.254. The van der Waals surface area contributed by atoms with Crippen LogP contribution >= 0.6 is 34.2 Å². The molecule has 16 heavy (non-hydrogen) atoms. The molecule has 0 spiro atoms. The molecule has 0 aliphatic heterocycles. The molecule has 1 aromatic rings. The summed E-state index contributed by atoms with van der Waals surface area (Å²) in [4.78, 5) is 21.7. The zero-order chi connectivity index (χ0) is 12.3. The van der Waals surface area contributed by atoms with Gasteiger partial charge in [0, 0.05) is 6.07 Å². The molecule has 0 aliphatic carbocycles. The van der Waals surface area contributed by atoms with Crippen molar-refractivity contribution in [2.45, 2.75) is 0 Å². The summed E-state index contributed by atoms with van der Waals surface area (Å²) in [6.45, 7) is 0. The van der Waals surface area contributed by atoms with Gasteiger partial charge >= 0.3 is 0 Å². The molecule has 0 saturated carbocycles. The molecule has 0 N–H and O–H groups in total. The summed E-state index contributed by atoms with van der Waals surface area (Å²) in [5, 5.41) is 10.8. The molecule has 0 heterocycles. The van der Waals surface area contributed by atoms with Crippen molar-refractivity contribution < 1.29 is 14.5 Å². The van der Waals surface area contributed by atoms with Crippen LogP contribution in [-0.2, 0) is 0 Å². The highest BCUT2D eigenvalue weighted by Gasteiger charge is 2.24. The van der Waals surface area contributed by atoms with Gasteiger partial charge in [-0.15, -0.1) is 11.6 Å². The first-order chi connectivity index (χ1) is 7.51. The van der Waals surface area contributed by atoms with Gasteiger partial charge in [-0.25, -0.2) is 0 Å². The number of nitro groups is 1. The second-order valence-corrected chi connectivity index (χ2v) is 4.25. The number of ketones is 1. The van der Waals surface area contributed by atoms with E-state index in [1.54, 1.807) is 22.6 Å². The number of alkyl halides is 1. The largest absolute Gasteiger partial charge is 0.497 e. The Bertz CT molecular complexity index is 449. The summed E-state index contributed by atoms with van der Waals surface area (Å²) in [6, 6.07) is 2.81. The Balaban J connectivity index is 3.46. The second-order valence-electron chi connectivity index (χ2n) is 2.82. The van der Waals surface area contributed by atoms with E-state index in [1.165, 1.54) is 19.2 Å². The van der Waals surface area contributed by atoms with Crippen molar-refractivity contribution in [2.24, 2.45) is 0 Å². The van der Waals surface area contributed by atoms with Gasteiger partial charge in [0.25, 0.3) is 5.69 Å². The Kier molecular flexibility index (Phi) is 4.48. The van der Waals surface area contributed by atoms with Crippen LogP contribution in [0.3, 0.4) is 0 Å². The van der Waals surface area contributed by atoms with E-state index in [-0.39, 0.29) is 17.1 Å². The fraction of sp³-hybridized carbons (Fsp3) is 0.222. The van der Waals surface area contributed by atoms with Crippen molar-refractivity contribution in [3.8, 4) is 5.75 Å². The molecule has 0 unspecified atom stereocenters. The number of rotatable bonds is 4. The van der Waals surface area contributed by atoms with Gasteiger partial charge in [-0.2, -0.15) is 0 Å². The predicted molar refractivity (Wildman–Crippen MR) is 67.4 cm³/mol. The number of hydrogen-bond acceptors (Lipinski definition) is 4. The van der Waals surface area contributed by atoms with E-state index in [4.69, 9.17) is 16.3 Å². The Hall–Kier alpha value is -0.890. The van der Waals surface area contributed by atoms with Crippen LogP contribution in [0.2, 0.25) is 0 Å². The lowest BCUT2D eigenvalue weighted by atomic mass is 10.1. The molecule has 0 saturated heterocycles. The highest BCUT2D eigenvalue weighted by atomic mass is 127. The SMILES string of the molecule is COc1cc(I)c([N+](=O)[O-])c(C(=O)CCl)c1. The minimum Gasteiger partial charge on any atom is -0.497 e. The number of ether oxygens (including phenoxy) is 1. The van der Waals surface area contributed by atoms with Gasteiger partial charge < -0.3 is 4.74 Å². The lowest BCUT2D eigenvalue weighted by molar-refractivity contribution is -0.386. The number of methoxy groups -OCH3 is 1. The molecule has 0 aromatic heterocycles. The summed E-state index contributed by atoms with van der Waals surface area (Å²) in [6.07, 6.45) is 0. The maximum Gasteiger partial charge on any atom is 0.293 e. The molecule has 86 valence electrons. The molecule has 0 atom stereocenters. The summed E-state index contributed by atoms with van der Waals surface area (Å²) in [5.74, 6) is -0.405. The van der Waals surface area contributed by atoms with Crippen molar-refractivity contribution in [1.82, 2.24) is 0 Å². The van der Waals surface area contributed by atoms with Crippen LogP contribution in [-0.4, -0.2) is 23.7 Å². The zero-order valence-corrected chi connectivity index (χ0v) is 11.1. The fourth-order valence-electron chi connectivity index (χ4n) is 1.16. The van der Waals surface area contributed by atoms with Gasteiger partial charge in [-0.05, 0) is 28.7 Å². The molecule has 0 bridgehead atoms. The number of carbonyl (C=O) groups is 1. The predicted octanol–water partition coefficient (Wildman–Crippen LogP) is 2.63. The molecule has 0 radical (unpaired) electrons. The lowest BCUT2D eigenvalue weighted by Gasteiger charge is -2.05. The molecule has 7 heteroatoms. The first-order valence-electron chi connectivity index (χ1n) is 4.12. The van der Waals surface area contributed by atoms with Crippen LogP contribution in [0.15, 0.2) is 12.1 Å². The first-order valence-corrected chi connectivity index (χ1v) is 5.73. The van der Waals surface area contributed by atoms with E-state index in [0.29, 0.717) is 9.32 Å². The number of halogens is 2. The highest BCUT2D eigenvalue weighted by molar-refractivity contribution is 14.1. The summed E-state index contributed by atoms with van der Waals surface area (Å²) in [7, 11) is 1.42. The van der Waals surface area contributed by atoms with E-state index in [9.17, 15) is 14.9 Å². The van der Waals surface area contributed by atoms with Crippen molar-refractivity contribution in [3.63, 3.8) is 0 Å². The first kappa shape index (κ1) is 13.2. The second kappa shape index (κ2) is 5.44. The Morgan fingerprint density at radius 3 is 2.69 bits per heavy atom. The summed E-state index contributed by atoms with van der Waals surface area (Å²) >= 11 is 7.18. The van der Waals surface area contributed by atoms with Gasteiger partial charge in [-0.1, -0.05) is 0 Å². The molecule has 1 rings (SSSR count). The lowest BCUT2D eigenvalue weighted by Crippen LogP contribution is -2.07. The Morgan fingerprint density at radius 1 is 1.62 bits per heavy atom. The van der Waals surface area contributed by atoms with Crippen LogP contribution in [0.5, 0.6) is 5.75 Å². The smallest absolute Gasteiger partial charge is 0.293 e. The average Bonchev–Trinajstić information content (AvgIpc) is 2.26. The van der Waals surface area contributed by atoms with Crippen LogP contribution in [0.25, 0.3) is 0 Å². The van der Waals surface area contributed by atoms with E-state index in [1.807, 2.05) is 0 Å². The number of carbonyl (C=O) groups excluding carboxylic acids is 1. The molecular weight excluding hydrogens is 348 g/mol. The third-order valence-corrected chi connectivity index (χ3v) is 2.94.